The van der Waals surface area contributed by atoms with Crippen LogP contribution in [0.5, 0.6) is 0 Å². The zero-order valence-electron chi connectivity index (χ0n) is 10.0. The minimum absolute atomic E-state index is 0.611. The summed E-state index contributed by atoms with van der Waals surface area (Å²) in [6.45, 7) is 6.20. The van der Waals surface area contributed by atoms with Crippen LogP contribution < -0.4 is 0 Å². The summed E-state index contributed by atoms with van der Waals surface area (Å²) in [5.41, 5.74) is 4.32. The summed E-state index contributed by atoms with van der Waals surface area (Å²) in [5.74, 6) is 0.619. The van der Waals surface area contributed by atoms with Crippen LogP contribution in [-0.4, -0.2) is 18.0 Å². The van der Waals surface area contributed by atoms with Crippen molar-refractivity contribution in [3.05, 3.63) is 34.9 Å². The molecule has 1 saturated heterocycles. The Hall–Kier alpha value is -0.340. The third kappa shape index (κ3) is 2.67. The van der Waals surface area contributed by atoms with Crippen molar-refractivity contribution < 1.29 is 4.74 Å². The van der Waals surface area contributed by atoms with E-state index in [4.69, 9.17) is 4.74 Å². The molecule has 0 saturated carbocycles. The third-order valence-electron chi connectivity index (χ3n) is 3.49. The zero-order chi connectivity index (χ0) is 11.5. The van der Waals surface area contributed by atoms with Gasteiger partial charge in [-0.2, -0.15) is 0 Å². The van der Waals surface area contributed by atoms with Gasteiger partial charge in [-0.3, -0.25) is 0 Å². The maximum Gasteiger partial charge on any atom is 0.0508 e. The molecule has 1 aliphatic rings. The largest absolute Gasteiger partial charge is 0.381 e. The molecule has 2 atom stereocenters. The van der Waals surface area contributed by atoms with Gasteiger partial charge in [0.25, 0.3) is 0 Å². The van der Waals surface area contributed by atoms with Crippen LogP contribution in [0.4, 0.5) is 0 Å². The predicted molar refractivity (Wildman–Crippen MR) is 71.3 cm³/mol. The first kappa shape index (κ1) is 12.1. The first-order valence-corrected chi connectivity index (χ1v) is 6.87. The lowest BCUT2D eigenvalue weighted by Crippen LogP contribution is -2.29. The first-order chi connectivity index (χ1) is 7.68. The monoisotopic (exact) mass is 282 g/mol. The molecule has 0 aliphatic carbocycles. The summed E-state index contributed by atoms with van der Waals surface area (Å²) in [7, 11) is 0. The molecule has 1 aromatic carbocycles. The van der Waals surface area contributed by atoms with E-state index in [1.165, 1.54) is 16.7 Å². The number of ether oxygens (including phenoxy) is 1. The van der Waals surface area contributed by atoms with Crippen LogP contribution in [0, 0.1) is 19.8 Å². The smallest absolute Gasteiger partial charge is 0.0508 e. The van der Waals surface area contributed by atoms with Crippen molar-refractivity contribution in [2.24, 2.45) is 5.92 Å². The number of aryl methyl sites for hydroxylation is 2. The van der Waals surface area contributed by atoms with E-state index in [-0.39, 0.29) is 0 Å². The standard InChI is InChI=1S/C14H19BrO/c1-10-4-3-5-11(2)13(10)8-12-9-16-7-6-14(12)15/h3-5,12,14H,6-9H2,1-2H3. The molecule has 0 radical (unpaired) electrons. The highest BCUT2D eigenvalue weighted by atomic mass is 79.9. The normalized spacial score (nSPS) is 25.7. The number of hydrogen-bond donors (Lipinski definition) is 0. The fourth-order valence-electron chi connectivity index (χ4n) is 2.39. The minimum Gasteiger partial charge on any atom is -0.381 e. The Morgan fingerprint density at radius 3 is 2.62 bits per heavy atom. The molecular weight excluding hydrogens is 264 g/mol. The Morgan fingerprint density at radius 1 is 1.31 bits per heavy atom. The van der Waals surface area contributed by atoms with Crippen LogP contribution in [0.1, 0.15) is 23.1 Å². The van der Waals surface area contributed by atoms with Crippen molar-refractivity contribution in [3.63, 3.8) is 0 Å². The molecule has 1 nitrogen and oxygen atoms in total. The zero-order valence-corrected chi connectivity index (χ0v) is 11.6. The second kappa shape index (κ2) is 5.33. The molecule has 2 heteroatoms. The van der Waals surface area contributed by atoms with Gasteiger partial charge in [0.05, 0.1) is 6.61 Å². The molecule has 0 aromatic heterocycles. The van der Waals surface area contributed by atoms with E-state index >= 15 is 0 Å². The van der Waals surface area contributed by atoms with E-state index in [9.17, 15) is 0 Å². The van der Waals surface area contributed by atoms with Gasteiger partial charge in [0, 0.05) is 11.4 Å². The van der Waals surface area contributed by atoms with E-state index in [0.29, 0.717) is 10.7 Å². The van der Waals surface area contributed by atoms with Gasteiger partial charge in [-0.25, -0.2) is 0 Å². The Kier molecular flexibility index (Phi) is 4.04. The van der Waals surface area contributed by atoms with Gasteiger partial charge in [0.2, 0.25) is 0 Å². The second-order valence-electron chi connectivity index (χ2n) is 4.71. The Morgan fingerprint density at radius 2 is 2.00 bits per heavy atom. The van der Waals surface area contributed by atoms with Gasteiger partial charge in [-0.05, 0) is 49.3 Å². The Labute approximate surface area is 106 Å². The van der Waals surface area contributed by atoms with Gasteiger partial charge in [0.15, 0.2) is 0 Å². The molecule has 1 heterocycles. The number of halogens is 1. The molecule has 88 valence electrons. The van der Waals surface area contributed by atoms with Gasteiger partial charge in [0.1, 0.15) is 0 Å². The van der Waals surface area contributed by atoms with Gasteiger partial charge in [-0.15, -0.1) is 0 Å². The van der Waals surface area contributed by atoms with E-state index in [2.05, 4.69) is 48.0 Å². The summed E-state index contributed by atoms with van der Waals surface area (Å²) < 4.78 is 5.57. The maximum atomic E-state index is 5.57. The summed E-state index contributed by atoms with van der Waals surface area (Å²) in [6.07, 6.45) is 2.27. The fraction of sp³-hybridized carbons (Fsp3) is 0.571. The molecule has 1 aromatic rings. The topological polar surface area (TPSA) is 9.23 Å². The molecule has 0 amide bonds. The van der Waals surface area contributed by atoms with E-state index in [1.807, 2.05) is 0 Å². The lowest BCUT2D eigenvalue weighted by Gasteiger charge is -2.28. The van der Waals surface area contributed by atoms with Gasteiger partial charge >= 0.3 is 0 Å². The Balaban J connectivity index is 2.13. The molecule has 0 bridgehead atoms. The predicted octanol–water partition coefficient (Wildman–Crippen LogP) is 3.65. The van der Waals surface area contributed by atoms with E-state index < -0.39 is 0 Å². The van der Waals surface area contributed by atoms with E-state index in [1.54, 1.807) is 0 Å². The van der Waals surface area contributed by atoms with Crippen molar-refractivity contribution in [2.45, 2.75) is 31.5 Å². The quantitative estimate of drug-likeness (QED) is 0.753. The van der Waals surface area contributed by atoms with Crippen LogP contribution in [0.2, 0.25) is 0 Å². The minimum atomic E-state index is 0.611. The van der Waals surface area contributed by atoms with Crippen molar-refractivity contribution in [2.75, 3.05) is 13.2 Å². The molecule has 16 heavy (non-hydrogen) atoms. The molecule has 2 unspecified atom stereocenters. The van der Waals surface area contributed by atoms with Crippen LogP contribution in [0.15, 0.2) is 18.2 Å². The summed E-state index contributed by atoms with van der Waals surface area (Å²) >= 11 is 3.78. The third-order valence-corrected chi connectivity index (χ3v) is 4.70. The van der Waals surface area contributed by atoms with Crippen LogP contribution in [0.3, 0.4) is 0 Å². The maximum absolute atomic E-state index is 5.57. The van der Waals surface area contributed by atoms with Crippen LogP contribution >= 0.6 is 15.9 Å². The van der Waals surface area contributed by atoms with E-state index in [0.717, 1.165) is 26.1 Å². The first-order valence-electron chi connectivity index (χ1n) is 5.95. The highest BCUT2D eigenvalue weighted by Crippen LogP contribution is 2.27. The average molecular weight is 283 g/mol. The number of alkyl halides is 1. The van der Waals surface area contributed by atoms with Crippen molar-refractivity contribution in [1.82, 2.24) is 0 Å². The summed E-state index contributed by atoms with van der Waals surface area (Å²) in [5, 5.41) is 0. The fourth-order valence-corrected chi connectivity index (χ4v) is 2.92. The number of benzene rings is 1. The summed E-state index contributed by atoms with van der Waals surface area (Å²) in [4.78, 5) is 0.611. The molecule has 1 fully saturated rings. The van der Waals surface area contributed by atoms with Gasteiger partial charge < -0.3 is 4.74 Å². The van der Waals surface area contributed by atoms with Crippen molar-refractivity contribution >= 4 is 15.9 Å². The van der Waals surface area contributed by atoms with Crippen molar-refractivity contribution in [1.29, 1.82) is 0 Å². The summed E-state index contributed by atoms with van der Waals surface area (Å²) in [6, 6.07) is 6.54. The average Bonchev–Trinajstić information content (AvgIpc) is 2.26. The van der Waals surface area contributed by atoms with Crippen LogP contribution in [0.25, 0.3) is 0 Å². The number of hydrogen-bond acceptors (Lipinski definition) is 1. The molecule has 2 rings (SSSR count). The highest BCUT2D eigenvalue weighted by Gasteiger charge is 2.24. The molecular formula is C14H19BrO. The SMILES string of the molecule is Cc1cccc(C)c1CC1COCCC1Br. The Bertz CT molecular complexity index is 342. The molecule has 1 aliphatic heterocycles. The highest BCUT2D eigenvalue weighted by molar-refractivity contribution is 9.09. The molecule has 0 N–H and O–H groups in total. The van der Waals surface area contributed by atoms with Crippen LogP contribution in [-0.2, 0) is 11.2 Å². The molecule has 0 spiro atoms. The number of rotatable bonds is 2. The van der Waals surface area contributed by atoms with Crippen molar-refractivity contribution in [3.8, 4) is 0 Å². The van der Waals surface area contributed by atoms with Gasteiger partial charge in [-0.1, -0.05) is 34.1 Å². The lowest BCUT2D eigenvalue weighted by molar-refractivity contribution is 0.0604. The second-order valence-corrected chi connectivity index (χ2v) is 5.89. The lowest BCUT2D eigenvalue weighted by atomic mass is 9.89.